The molecule has 0 aromatic heterocycles. The largest absolute Gasteiger partial charge is 0.423 e. The summed E-state index contributed by atoms with van der Waals surface area (Å²) in [6.07, 6.45) is 4.04. The highest BCUT2D eigenvalue weighted by Crippen LogP contribution is 2.37. The summed E-state index contributed by atoms with van der Waals surface area (Å²) in [7, 11) is 0. The summed E-state index contributed by atoms with van der Waals surface area (Å²) in [4.78, 5) is 11.6. The van der Waals surface area contributed by atoms with Crippen molar-refractivity contribution in [3.63, 3.8) is 0 Å². The lowest BCUT2D eigenvalue weighted by atomic mass is 9.87. The Labute approximate surface area is 101 Å². The number of aliphatic hydroxyl groups excluding tert-OH is 2. The van der Waals surface area contributed by atoms with Crippen LogP contribution in [0.1, 0.15) is 39.0 Å². The zero-order valence-corrected chi connectivity index (χ0v) is 9.98. The van der Waals surface area contributed by atoms with E-state index in [1.54, 1.807) is 0 Å². The molecular formula is C13H18O4. The molecule has 1 heterocycles. The van der Waals surface area contributed by atoms with Crippen LogP contribution in [0.3, 0.4) is 0 Å². The number of cyclic esters (lactones) is 1. The zero-order valence-electron chi connectivity index (χ0n) is 9.98. The lowest BCUT2D eigenvalue weighted by Crippen LogP contribution is -2.33. The summed E-state index contributed by atoms with van der Waals surface area (Å²) < 4.78 is 5.15. The molecule has 2 atom stereocenters. The molecule has 1 aliphatic heterocycles. The van der Waals surface area contributed by atoms with Gasteiger partial charge >= 0.3 is 5.97 Å². The average Bonchev–Trinajstić information content (AvgIpc) is 2.62. The van der Waals surface area contributed by atoms with Crippen molar-refractivity contribution in [3.05, 3.63) is 23.0 Å². The first kappa shape index (κ1) is 12.3. The van der Waals surface area contributed by atoms with Gasteiger partial charge in [-0.25, -0.2) is 4.79 Å². The number of hydrogen-bond acceptors (Lipinski definition) is 4. The van der Waals surface area contributed by atoms with Gasteiger partial charge in [0.1, 0.15) is 11.9 Å². The first-order chi connectivity index (χ1) is 8.15. The minimum atomic E-state index is -1.09. The molecule has 2 N–H and O–H groups in total. The fourth-order valence-corrected chi connectivity index (χ4v) is 2.27. The Morgan fingerprint density at radius 2 is 2.24 bits per heavy atom. The molecule has 4 nitrogen and oxygen atoms in total. The highest BCUT2D eigenvalue weighted by atomic mass is 16.5. The molecule has 0 aromatic carbocycles. The topological polar surface area (TPSA) is 66.8 Å². The summed E-state index contributed by atoms with van der Waals surface area (Å²) in [5.41, 5.74) is 1.04. The van der Waals surface area contributed by atoms with Gasteiger partial charge in [-0.15, -0.1) is 0 Å². The Morgan fingerprint density at radius 3 is 2.94 bits per heavy atom. The van der Waals surface area contributed by atoms with Crippen LogP contribution in [-0.2, 0) is 9.53 Å². The minimum Gasteiger partial charge on any atom is -0.423 e. The predicted molar refractivity (Wildman–Crippen MR) is 62.0 cm³/mol. The average molecular weight is 238 g/mol. The Balaban J connectivity index is 2.21. The van der Waals surface area contributed by atoms with E-state index in [9.17, 15) is 15.0 Å². The highest BCUT2D eigenvalue weighted by Gasteiger charge is 2.40. The Bertz CT molecular complexity index is 381. The van der Waals surface area contributed by atoms with Crippen molar-refractivity contribution in [2.45, 2.75) is 51.2 Å². The molecule has 0 spiro atoms. The van der Waals surface area contributed by atoms with E-state index in [1.165, 1.54) is 0 Å². The lowest BCUT2D eigenvalue weighted by molar-refractivity contribution is -0.135. The molecule has 0 amide bonds. The summed E-state index contributed by atoms with van der Waals surface area (Å²) >= 11 is 0. The van der Waals surface area contributed by atoms with Crippen LogP contribution < -0.4 is 0 Å². The van der Waals surface area contributed by atoms with Crippen molar-refractivity contribution in [2.75, 3.05) is 0 Å². The third kappa shape index (κ3) is 2.28. The van der Waals surface area contributed by atoms with E-state index in [2.05, 4.69) is 6.92 Å². The number of aliphatic hydroxyl groups is 2. The second kappa shape index (κ2) is 5.02. The van der Waals surface area contributed by atoms with Crippen LogP contribution >= 0.6 is 0 Å². The van der Waals surface area contributed by atoms with Crippen LogP contribution in [0.25, 0.3) is 0 Å². The van der Waals surface area contributed by atoms with Gasteiger partial charge in [-0.2, -0.15) is 0 Å². The summed E-state index contributed by atoms with van der Waals surface area (Å²) in [5.74, 6) is 0.0819. The number of ether oxygens (including phenoxy) is 1. The van der Waals surface area contributed by atoms with Crippen molar-refractivity contribution in [1.29, 1.82) is 0 Å². The smallest absolute Gasteiger partial charge is 0.342 e. The molecule has 0 fully saturated rings. The molecule has 0 saturated carbocycles. The van der Waals surface area contributed by atoms with Crippen LogP contribution in [0.15, 0.2) is 23.0 Å². The normalized spacial score (nSPS) is 30.8. The van der Waals surface area contributed by atoms with Crippen molar-refractivity contribution in [1.82, 2.24) is 0 Å². The van der Waals surface area contributed by atoms with Gasteiger partial charge in [0.25, 0.3) is 0 Å². The fraction of sp³-hybridized carbons (Fsp3) is 0.615. The number of carbonyl (C=O) groups is 1. The number of esters is 1. The van der Waals surface area contributed by atoms with Crippen molar-refractivity contribution >= 4 is 5.97 Å². The maximum Gasteiger partial charge on any atom is 0.342 e. The standard InChI is InChI=1S/C13H18O4/c1-2-3-4-5-10-8-6-7-9(14)12(15)11(8)13(16)17-10/h5,9,12,14-15H,2-4,6-7H2,1H3/b10-5+/t9-,12-/m0/s1. The molecule has 94 valence electrons. The quantitative estimate of drug-likeness (QED) is 0.576. The number of carbonyl (C=O) groups excluding carboxylic acids is 1. The maximum absolute atomic E-state index is 11.6. The molecular weight excluding hydrogens is 220 g/mol. The summed E-state index contributed by atoms with van der Waals surface area (Å²) in [6, 6.07) is 0. The second-order valence-electron chi connectivity index (χ2n) is 4.54. The van der Waals surface area contributed by atoms with Crippen molar-refractivity contribution in [2.24, 2.45) is 0 Å². The molecule has 17 heavy (non-hydrogen) atoms. The molecule has 4 heteroatoms. The summed E-state index contributed by atoms with van der Waals surface area (Å²) in [6.45, 7) is 2.10. The summed E-state index contributed by atoms with van der Waals surface area (Å²) in [5, 5.41) is 19.3. The Hall–Kier alpha value is -1.13. The van der Waals surface area contributed by atoms with E-state index in [0.29, 0.717) is 18.6 Å². The Kier molecular flexibility index (Phi) is 3.64. The molecule has 0 saturated heterocycles. The van der Waals surface area contributed by atoms with Gasteiger partial charge in [0, 0.05) is 5.57 Å². The maximum atomic E-state index is 11.6. The first-order valence-electron chi connectivity index (χ1n) is 6.17. The number of unbranched alkanes of at least 4 members (excludes halogenated alkanes) is 2. The van der Waals surface area contributed by atoms with E-state index in [4.69, 9.17) is 4.74 Å². The van der Waals surface area contributed by atoms with E-state index < -0.39 is 18.2 Å². The first-order valence-corrected chi connectivity index (χ1v) is 6.17. The molecule has 1 aliphatic carbocycles. The van der Waals surface area contributed by atoms with Crippen LogP contribution in [-0.4, -0.2) is 28.4 Å². The second-order valence-corrected chi connectivity index (χ2v) is 4.54. The van der Waals surface area contributed by atoms with E-state index in [0.717, 1.165) is 24.8 Å². The number of allylic oxidation sites excluding steroid dienone is 2. The predicted octanol–water partition coefficient (Wildman–Crippen LogP) is 1.43. The molecule has 0 radical (unpaired) electrons. The molecule has 2 rings (SSSR count). The highest BCUT2D eigenvalue weighted by molar-refractivity contribution is 5.96. The van der Waals surface area contributed by atoms with Gasteiger partial charge in [-0.3, -0.25) is 0 Å². The SMILES string of the molecule is CCCC/C=C1/OC(=O)C2=C1CC[C@H](O)[C@@H]2O. The van der Waals surface area contributed by atoms with Crippen molar-refractivity contribution < 1.29 is 19.7 Å². The van der Waals surface area contributed by atoms with Crippen molar-refractivity contribution in [3.8, 4) is 0 Å². The van der Waals surface area contributed by atoms with E-state index in [1.807, 2.05) is 6.08 Å². The molecule has 0 unspecified atom stereocenters. The van der Waals surface area contributed by atoms with Crippen LogP contribution in [0.2, 0.25) is 0 Å². The van der Waals surface area contributed by atoms with Gasteiger partial charge < -0.3 is 14.9 Å². The van der Waals surface area contributed by atoms with E-state index in [-0.39, 0.29) is 5.57 Å². The number of rotatable bonds is 3. The van der Waals surface area contributed by atoms with E-state index >= 15 is 0 Å². The third-order valence-corrected chi connectivity index (χ3v) is 3.28. The molecule has 2 aliphatic rings. The van der Waals surface area contributed by atoms with Crippen LogP contribution in [0, 0.1) is 0 Å². The monoisotopic (exact) mass is 238 g/mol. The lowest BCUT2D eigenvalue weighted by Gasteiger charge is -2.22. The van der Waals surface area contributed by atoms with Gasteiger partial charge in [0.2, 0.25) is 0 Å². The minimum absolute atomic E-state index is 0.256. The third-order valence-electron chi connectivity index (χ3n) is 3.28. The van der Waals surface area contributed by atoms with Crippen LogP contribution in [0.5, 0.6) is 0 Å². The van der Waals surface area contributed by atoms with Gasteiger partial charge in [-0.05, 0) is 31.8 Å². The fourth-order valence-electron chi connectivity index (χ4n) is 2.27. The van der Waals surface area contributed by atoms with Crippen LogP contribution in [0.4, 0.5) is 0 Å². The number of hydrogen-bond donors (Lipinski definition) is 2. The zero-order chi connectivity index (χ0) is 12.4. The van der Waals surface area contributed by atoms with Gasteiger partial charge in [-0.1, -0.05) is 13.3 Å². The van der Waals surface area contributed by atoms with Gasteiger partial charge in [0.05, 0.1) is 11.7 Å². The Morgan fingerprint density at radius 1 is 1.47 bits per heavy atom. The molecule has 0 bridgehead atoms. The molecule has 0 aromatic rings. The van der Waals surface area contributed by atoms with Gasteiger partial charge in [0.15, 0.2) is 0 Å².